The van der Waals surface area contributed by atoms with E-state index in [0.717, 1.165) is 0 Å². The molecule has 2 heterocycles. The van der Waals surface area contributed by atoms with Crippen molar-refractivity contribution in [3.05, 3.63) is 28.9 Å². The fraction of sp³-hybridized carbons (Fsp3) is 0.300. The SMILES string of the molecule is CCc1nc2cnc(Cl)cn2c1C(=O)OC. The molecule has 2 rings (SSSR count). The molecule has 0 aliphatic rings. The first-order valence-electron chi connectivity index (χ1n) is 4.78. The second-order valence-corrected chi connectivity index (χ2v) is 3.58. The molecule has 0 aliphatic carbocycles. The summed E-state index contributed by atoms with van der Waals surface area (Å²) in [6.07, 6.45) is 3.72. The number of aromatic nitrogens is 3. The van der Waals surface area contributed by atoms with Crippen molar-refractivity contribution in [2.24, 2.45) is 0 Å². The number of ether oxygens (including phenoxy) is 1. The van der Waals surface area contributed by atoms with Crippen LogP contribution < -0.4 is 0 Å². The molecule has 0 aliphatic heterocycles. The molecule has 0 saturated carbocycles. The van der Waals surface area contributed by atoms with E-state index >= 15 is 0 Å². The summed E-state index contributed by atoms with van der Waals surface area (Å²) in [5, 5.41) is 0.303. The maximum atomic E-state index is 11.6. The van der Waals surface area contributed by atoms with Gasteiger partial charge in [0.2, 0.25) is 0 Å². The predicted octanol–water partition coefficient (Wildman–Crippen LogP) is 1.73. The summed E-state index contributed by atoms with van der Waals surface area (Å²) in [7, 11) is 1.34. The molecule has 0 unspecified atom stereocenters. The summed E-state index contributed by atoms with van der Waals surface area (Å²) < 4.78 is 6.32. The van der Waals surface area contributed by atoms with E-state index < -0.39 is 5.97 Å². The van der Waals surface area contributed by atoms with Crippen LogP contribution in [0.2, 0.25) is 5.15 Å². The third kappa shape index (κ3) is 1.63. The molecule has 0 N–H and O–H groups in total. The van der Waals surface area contributed by atoms with Gasteiger partial charge in [0.15, 0.2) is 11.3 Å². The molecule has 0 atom stereocenters. The highest BCUT2D eigenvalue weighted by atomic mass is 35.5. The fourth-order valence-electron chi connectivity index (χ4n) is 1.54. The predicted molar refractivity (Wildman–Crippen MR) is 58.7 cm³/mol. The van der Waals surface area contributed by atoms with Crippen molar-refractivity contribution in [3.8, 4) is 0 Å². The highest BCUT2D eigenvalue weighted by Gasteiger charge is 2.18. The first-order valence-corrected chi connectivity index (χ1v) is 5.16. The number of nitrogens with zero attached hydrogens (tertiary/aromatic N) is 3. The first kappa shape index (κ1) is 10.9. The zero-order chi connectivity index (χ0) is 11.7. The van der Waals surface area contributed by atoms with Crippen LogP contribution in [0.5, 0.6) is 0 Å². The van der Waals surface area contributed by atoms with E-state index in [9.17, 15) is 4.79 Å². The minimum absolute atomic E-state index is 0.303. The van der Waals surface area contributed by atoms with Crippen LogP contribution in [-0.2, 0) is 11.2 Å². The summed E-state index contributed by atoms with van der Waals surface area (Å²) in [6.45, 7) is 1.92. The Bertz CT molecular complexity index is 550. The Morgan fingerprint density at radius 3 is 3.00 bits per heavy atom. The van der Waals surface area contributed by atoms with Gasteiger partial charge >= 0.3 is 5.97 Å². The van der Waals surface area contributed by atoms with Crippen LogP contribution >= 0.6 is 11.6 Å². The van der Waals surface area contributed by atoms with Gasteiger partial charge in [0.25, 0.3) is 0 Å². The number of fused-ring (bicyclic) bond motifs is 1. The van der Waals surface area contributed by atoms with Crippen LogP contribution in [0.4, 0.5) is 0 Å². The van der Waals surface area contributed by atoms with E-state index in [2.05, 4.69) is 9.97 Å². The van der Waals surface area contributed by atoms with Crippen molar-refractivity contribution < 1.29 is 9.53 Å². The molecule has 0 amide bonds. The monoisotopic (exact) mass is 239 g/mol. The number of esters is 1. The van der Waals surface area contributed by atoms with Gasteiger partial charge in [0, 0.05) is 6.20 Å². The summed E-state index contributed by atoms with van der Waals surface area (Å²) in [5.74, 6) is -0.424. The summed E-state index contributed by atoms with van der Waals surface area (Å²) >= 11 is 5.78. The molecule has 0 aromatic carbocycles. The number of rotatable bonds is 2. The van der Waals surface area contributed by atoms with Crippen molar-refractivity contribution in [1.29, 1.82) is 0 Å². The van der Waals surface area contributed by atoms with Crippen LogP contribution in [0.3, 0.4) is 0 Å². The van der Waals surface area contributed by atoms with Crippen molar-refractivity contribution in [2.45, 2.75) is 13.3 Å². The standard InChI is InChI=1S/C10H10ClN3O2/c1-3-6-9(10(15)16-2)14-5-7(11)12-4-8(14)13-6/h4-5H,3H2,1-2H3. The lowest BCUT2D eigenvalue weighted by Crippen LogP contribution is -2.08. The Morgan fingerprint density at radius 2 is 2.38 bits per heavy atom. The first-order chi connectivity index (χ1) is 7.67. The average Bonchev–Trinajstić information content (AvgIpc) is 2.65. The number of hydrogen-bond donors (Lipinski definition) is 0. The lowest BCUT2D eigenvalue weighted by Gasteiger charge is -2.01. The second kappa shape index (κ2) is 4.09. The van der Waals surface area contributed by atoms with Gasteiger partial charge in [0.05, 0.1) is 19.0 Å². The minimum Gasteiger partial charge on any atom is -0.464 e. The van der Waals surface area contributed by atoms with Gasteiger partial charge in [-0.3, -0.25) is 4.40 Å². The molecular weight excluding hydrogens is 230 g/mol. The van der Waals surface area contributed by atoms with Crippen LogP contribution in [0.1, 0.15) is 23.1 Å². The highest BCUT2D eigenvalue weighted by molar-refractivity contribution is 6.29. The van der Waals surface area contributed by atoms with Crippen LogP contribution in [0.25, 0.3) is 5.65 Å². The zero-order valence-electron chi connectivity index (χ0n) is 8.90. The van der Waals surface area contributed by atoms with Gasteiger partial charge < -0.3 is 4.74 Å². The quantitative estimate of drug-likeness (QED) is 0.749. The fourth-order valence-corrected chi connectivity index (χ4v) is 1.69. The van der Waals surface area contributed by atoms with Gasteiger partial charge in [-0.1, -0.05) is 18.5 Å². The number of halogens is 1. The number of carbonyl (C=O) groups excluding carboxylic acids is 1. The van der Waals surface area contributed by atoms with Crippen LogP contribution in [0, 0.1) is 0 Å². The smallest absolute Gasteiger partial charge is 0.357 e. The Balaban J connectivity index is 2.75. The Labute approximate surface area is 97.0 Å². The van der Waals surface area contributed by atoms with Crippen molar-refractivity contribution in [2.75, 3.05) is 7.11 Å². The Morgan fingerprint density at radius 1 is 1.62 bits per heavy atom. The number of carbonyl (C=O) groups is 1. The van der Waals surface area contributed by atoms with Gasteiger partial charge in [-0.25, -0.2) is 14.8 Å². The number of imidazole rings is 1. The maximum absolute atomic E-state index is 11.6. The largest absolute Gasteiger partial charge is 0.464 e. The minimum atomic E-state index is -0.424. The van der Waals surface area contributed by atoms with E-state index in [0.29, 0.717) is 28.6 Å². The molecule has 0 bridgehead atoms. The van der Waals surface area contributed by atoms with Crippen LogP contribution in [0.15, 0.2) is 12.4 Å². The number of methoxy groups -OCH3 is 1. The van der Waals surface area contributed by atoms with Gasteiger partial charge in [-0.2, -0.15) is 0 Å². The normalized spacial score (nSPS) is 10.7. The van der Waals surface area contributed by atoms with E-state index in [1.54, 1.807) is 10.6 Å². The van der Waals surface area contributed by atoms with E-state index in [-0.39, 0.29) is 0 Å². The lowest BCUT2D eigenvalue weighted by atomic mass is 10.2. The molecule has 6 heteroatoms. The third-order valence-corrected chi connectivity index (χ3v) is 2.46. The van der Waals surface area contributed by atoms with Crippen molar-refractivity contribution in [1.82, 2.24) is 14.4 Å². The van der Waals surface area contributed by atoms with E-state index in [1.165, 1.54) is 13.3 Å². The third-order valence-electron chi connectivity index (χ3n) is 2.26. The van der Waals surface area contributed by atoms with E-state index in [1.807, 2.05) is 6.92 Å². The molecule has 5 nitrogen and oxygen atoms in total. The van der Waals surface area contributed by atoms with Gasteiger partial charge in [0.1, 0.15) is 5.15 Å². The molecule has 0 saturated heterocycles. The summed E-state index contributed by atoms with van der Waals surface area (Å²) in [6, 6.07) is 0. The second-order valence-electron chi connectivity index (χ2n) is 3.19. The zero-order valence-corrected chi connectivity index (χ0v) is 9.65. The molecule has 2 aromatic rings. The van der Waals surface area contributed by atoms with Crippen LogP contribution in [-0.4, -0.2) is 27.4 Å². The molecule has 0 spiro atoms. The molecule has 2 aromatic heterocycles. The number of aryl methyl sites for hydroxylation is 1. The molecule has 0 fully saturated rings. The maximum Gasteiger partial charge on any atom is 0.357 e. The molecular formula is C10H10ClN3O2. The van der Waals surface area contributed by atoms with Gasteiger partial charge in [-0.05, 0) is 6.42 Å². The van der Waals surface area contributed by atoms with Crippen molar-refractivity contribution >= 4 is 23.2 Å². The lowest BCUT2D eigenvalue weighted by molar-refractivity contribution is 0.0591. The summed E-state index contributed by atoms with van der Waals surface area (Å²) in [4.78, 5) is 19.8. The topological polar surface area (TPSA) is 56.5 Å². The molecule has 0 radical (unpaired) electrons. The molecule has 84 valence electrons. The Kier molecular flexibility index (Phi) is 2.78. The molecule has 16 heavy (non-hydrogen) atoms. The summed E-state index contributed by atoms with van der Waals surface area (Å²) in [5.41, 5.74) is 1.67. The number of hydrogen-bond acceptors (Lipinski definition) is 4. The Hall–Kier alpha value is -1.62. The van der Waals surface area contributed by atoms with Crippen molar-refractivity contribution in [3.63, 3.8) is 0 Å². The average molecular weight is 240 g/mol. The van der Waals surface area contributed by atoms with E-state index in [4.69, 9.17) is 16.3 Å². The highest BCUT2D eigenvalue weighted by Crippen LogP contribution is 2.16. The van der Waals surface area contributed by atoms with Gasteiger partial charge in [-0.15, -0.1) is 0 Å².